The molecule has 1 aromatic heterocycles. The molecule has 1 aliphatic rings. The molecule has 0 fully saturated rings. The highest BCUT2D eigenvalue weighted by Gasteiger charge is 2.29. The van der Waals surface area contributed by atoms with E-state index in [0.29, 0.717) is 0 Å². The number of hydrogen-bond donors (Lipinski definition) is 0. The van der Waals surface area contributed by atoms with Gasteiger partial charge in [0, 0.05) is 38.8 Å². The number of aromatic nitrogens is 1. The maximum atomic E-state index is 2.49. The average Bonchev–Trinajstić information content (AvgIpc) is 3.82. The summed E-state index contributed by atoms with van der Waals surface area (Å²) in [6.45, 7) is 0. The van der Waals surface area contributed by atoms with Gasteiger partial charge in [0.05, 0.1) is 22.4 Å². The van der Waals surface area contributed by atoms with Crippen molar-refractivity contribution in [1.82, 2.24) is 4.57 Å². The van der Waals surface area contributed by atoms with Gasteiger partial charge in [0.25, 0.3) is 0 Å². The Morgan fingerprint density at radius 3 is 1.83 bits per heavy atom. The summed E-state index contributed by atoms with van der Waals surface area (Å²) >= 11 is 0. The summed E-state index contributed by atoms with van der Waals surface area (Å²) in [6, 6.07) is 80.0. The minimum Gasteiger partial charge on any atom is -0.310 e. The van der Waals surface area contributed by atoms with Crippen LogP contribution in [-0.4, -0.2) is 4.57 Å². The molecule has 10 aromatic carbocycles. The molecule has 0 N–H and O–H groups in total. The lowest BCUT2D eigenvalue weighted by Crippen LogP contribution is -2.11. The van der Waals surface area contributed by atoms with Gasteiger partial charge in [0.1, 0.15) is 0 Å². The molecule has 0 saturated carbocycles. The predicted octanol–water partition coefficient (Wildman–Crippen LogP) is 15.5. The zero-order valence-electron chi connectivity index (χ0n) is 31.7. The highest BCUT2D eigenvalue weighted by molar-refractivity contribution is 6.26. The van der Waals surface area contributed by atoms with E-state index in [9.17, 15) is 0 Å². The van der Waals surface area contributed by atoms with E-state index in [1.165, 1.54) is 93.5 Å². The zero-order valence-corrected chi connectivity index (χ0v) is 31.7. The third kappa shape index (κ3) is 4.92. The van der Waals surface area contributed by atoms with Crippen LogP contribution >= 0.6 is 0 Å². The maximum absolute atomic E-state index is 2.49. The summed E-state index contributed by atoms with van der Waals surface area (Å²) in [4.78, 5) is 2.49. The summed E-state index contributed by atoms with van der Waals surface area (Å²) in [6.07, 6.45) is 0. The molecule has 270 valence electrons. The number of nitrogens with zero attached hydrogens (tertiary/aromatic N) is 2. The molecule has 11 aromatic rings. The molecule has 0 spiro atoms. The SMILES string of the molecule is c1ccc(-c2cccc(N(c3ccc4c(c3)c3ccccc3n4-c3ccccc3-c3ccccc3)c3cccc4c3-c3c5ccccc5cc5cccc-4c35)c2)cc1. The van der Waals surface area contributed by atoms with Crippen LogP contribution < -0.4 is 4.90 Å². The topological polar surface area (TPSA) is 8.17 Å². The van der Waals surface area contributed by atoms with Gasteiger partial charge in [-0.2, -0.15) is 0 Å². The lowest BCUT2D eigenvalue weighted by atomic mass is 9.94. The second-order valence-electron chi connectivity index (χ2n) is 15.3. The molecule has 58 heavy (non-hydrogen) atoms. The fraction of sp³-hybridized carbons (Fsp3) is 0. The minimum atomic E-state index is 1.11. The van der Waals surface area contributed by atoms with Crippen LogP contribution in [0, 0.1) is 0 Å². The molecule has 2 nitrogen and oxygen atoms in total. The Hall–Kier alpha value is -7.68. The molecule has 0 amide bonds. The fourth-order valence-electron chi connectivity index (χ4n) is 9.59. The quantitative estimate of drug-likeness (QED) is 0.154. The van der Waals surface area contributed by atoms with Gasteiger partial charge in [0.2, 0.25) is 0 Å². The van der Waals surface area contributed by atoms with Crippen molar-refractivity contribution in [3.63, 3.8) is 0 Å². The Balaban J connectivity index is 1.14. The van der Waals surface area contributed by atoms with Crippen molar-refractivity contribution < 1.29 is 0 Å². The highest BCUT2D eigenvalue weighted by atomic mass is 15.1. The summed E-state index contributed by atoms with van der Waals surface area (Å²) in [5, 5.41) is 7.58. The molecule has 0 radical (unpaired) electrons. The van der Waals surface area contributed by atoms with Gasteiger partial charge < -0.3 is 9.47 Å². The van der Waals surface area contributed by atoms with Crippen molar-refractivity contribution in [3.05, 3.63) is 218 Å². The first-order valence-corrected chi connectivity index (χ1v) is 20.0. The maximum Gasteiger partial charge on any atom is 0.0546 e. The summed E-state index contributed by atoms with van der Waals surface area (Å²) in [5.74, 6) is 0. The Labute approximate surface area is 337 Å². The van der Waals surface area contributed by atoms with Gasteiger partial charge in [-0.15, -0.1) is 0 Å². The van der Waals surface area contributed by atoms with Gasteiger partial charge in [-0.3, -0.25) is 0 Å². The van der Waals surface area contributed by atoms with E-state index in [4.69, 9.17) is 0 Å². The van der Waals surface area contributed by atoms with E-state index in [0.717, 1.165) is 17.1 Å². The summed E-state index contributed by atoms with van der Waals surface area (Å²) < 4.78 is 2.45. The van der Waals surface area contributed by atoms with Gasteiger partial charge in [-0.05, 0) is 104 Å². The summed E-state index contributed by atoms with van der Waals surface area (Å²) in [5.41, 5.74) is 16.8. The Bertz CT molecular complexity index is 3390. The molecule has 0 saturated heterocycles. The van der Waals surface area contributed by atoms with Crippen molar-refractivity contribution in [2.24, 2.45) is 0 Å². The lowest BCUT2D eigenvalue weighted by molar-refractivity contribution is 1.18. The molecule has 12 rings (SSSR count). The first-order valence-electron chi connectivity index (χ1n) is 20.0. The minimum absolute atomic E-state index is 1.11. The zero-order chi connectivity index (χ0) is 38.2. The second kappa shape index (κ2) is 12.9. The monoisotopic (exact) mass is 736 g/mol. The molecule has 0 aliphatic heterocycles. The van der Waals surface area contributed by atoms with Crippen LogP contribution in [0.3, 0.4) is 0 Å². The van der Waals surface area contributed by atoms with Crippen LogP contribution in [0.15, 0.2) is 218 Å². The van der Waals surface area contributed by atoms with Gasteiger partial charge >= 0.3 is 0 Å². The van der Waals surface area contributed by atoms with E-state index < -0.39 is 0 Å². The summed E-state index contributed by atoms with van der Waals surface area (Å²) in [7, 11) is 0. The third-order valence-corrected chi connectivity index (χ3v) is 12.1. The van der Waals surface area contributed by atoms with E-state index in [2.05, 4.69) is 228 Å². The predicted molar refractivity (Wildman–Crippen MR) is 246 cm³/mol. The van der Waals surface area contributed by atoms with Gasteiger partial charge in [-0.1, -0.05) is 164 Å². The molecule has 0 atom stereocenters. The van der Waals surface area contributed by atoms with Crippen LogP contribution in [0.1, 0.15) is 0 Å². The van der Waals surface area contributed by atoms with Crippen LogP contribution in [0.4, 0.5) is 17.1 Å². The van der Waals surface area contributed by atoms with E-state index in [1.807, 2.05) is 0 Å². The van der Waals surface area contributed by atoms with Crippen molar-refractivity contribution in [1.29, 1.82) is 0 Å². The smallest absolute Gasteiger partial charge is 0.0546 e. The number of para-hydroxylation sites is 2. The normalized spacial score (nSPS) is 11.8. The van der Waals surface area contributed by atoms with Crippen molar-refractivity contribution in [3.8, 4) is 50.2 Å². The van der Waals surface area contributed by atoms with Crippen molar-refractivity contribution in [2.75, 3.05) is 4.90 Å². The van der Waals surface area contributed by atoms with Crippen LogP contribution in [0.5, 0.6) is 0 Å². The molecular formula is C56H36N2. The van der Waals surface area contributed by atoms with Crippen molar-refractivity contribution in [2.45, 2.75) is 0 Å². The van der Waals surface area contributed by atoms with Crippen LogP contribution in [0.25, 0.3) is 93.5 Å². The molecule has 1 heterocycles. The number of hydrogen-bond acceptors (Lipinski definition) is 1. The van der Waals surface area contributed by atoms with Crippen molar-refractivity contribution >= 4 is 60.4 Å². The number of anilines is 3. The van der Waals surface area contributed by atoms with Crippen LogP contribution in [-0.2, 0) is 0 Å². The second-order valence-corrected chi connectivity index (χ2v) is 15.3. The Kier molecular flexibility index (Phi) is 7.26. The molecular weight excluding hydrogens is 701 g/mol. The van der Waals surface area contributed by atoms with Crippen LogP contribution in [0.2, 0.25) is 0 Å². The molecule has 0 unspecified atom stereocenters. The number of fused-ring (bicyclic) bond motifs is 8. The van der Waals surface area contributed by atoms with Gasteiger partial charge in [-0.25, -0.2) is 0 Å². The first-order chi connectivity index (χ1) is 28.8. The Morgan fingerprint density at radius 1 is 0.328 bits per heavy atom. The van der Waals surface area contributed by atoms with E-state index >= 15 is 0 Å². The number of rotatable bonds is 6. The fourth-order valence-corrected chi connectivity index (χ4v) is 9.59. The molecule has 2 heteroatoms. The standard InChI is InChI=1S/C56H36N2/c1-3-16-37(17-4-1)39-21-13-23-42(35-39)57(53-31-15-28-48-47-27-14-22-41-34-40-20-7-8-25-45(40)56(54(41)47)55(48)53)43-32-33-52-49(36-43)46-26-10-12-30-51(46)58(52)50-29-11-9-24-44(50)38-18-5-2-6-19-38/h1-36H. The Morgan fingerprint density at radius 2 is 0.948 bits per heavy atom. The third-order valence-electron chi connectivity index (χ3n) is 12.1. The first kappa shape index (κ1) is 32.6. The molecule has 1 aliphatic carbocycles. The van der Waals surface area contributed by atoms with E-state index in [-0.39, 0.29) is 0 Å². The molecule has 0 bridgehead atoms. The van der Waals surface area contributed by atoms with Gasteiger partial charge in [0.15, 0.2) is 0 Å². The van der Waals surface area contributed by atoms with E-state index in [1.54, 1.807) is 0 Å². The highest BCUT2D eigenvalue weighted by Crippen LogP contribution is 2.56. The average molecular weight is 737 g/mol. The number of benzene rings is 10. The lowest BCUT2D eigenvalue weighted by Gasteiger charge is -2.29. The largest absolute Gasteiger partial charge is 0.310 e.